The molecule has 34 heavy (non-hydrogen) atoms. The molecular weight excluding hydrogens is 468 g/mol. The van der Waals surface area contributed by atoms with Gasteiger partial charge in [0.25, 0.3) is 10.0 Å². The lowest BCUT2D eigenvalue weighted by molar-refractivity contribution is -0.130. The molecule has 1 fully saturated rings. The van der Waals surface area contributed by atoms with Crippen molar-refractivity contribution in [2.24, 2.45) is 0 Å². The van der Waals surface area contributed by atoms with Crippen molar-refractivity contribution < 1.29 is 13.2 Å². The highest BCUT2D eigenvalue weighted by molar-refractivity contribution is 7.92. The van der Waals surface area contributed by atoms with Crippen LogP contribution in [0.5, 0.6) is 0 Å². The highest BCUT2D eigenvalue weighted by Crippen LogP contribution is 2.25. The Morgan fingerprint density at radius 2 is 1.65 bits per heavy atom. The number of anilines is 2. The third-order valence-electron chi connectivity index (χ3n) is 6.00. The quantitative estimate of drug-likeness (QED) is 0.491. The van der Waals surface area contributed by atoms with Crippen molar-refractivity contribution in [3.05, 3.63) is 71.2 Å². The number of rotatable bonds is 7. The Kier molecular flexibility index (Phi) is 7.53. The average molecular weight is 499 g/mol. The van der Waals surface area contributed by atoms with Crippen LogP contribution in [0, 0.1) is 13.8 Å². The molecule has 1 amide bonds. The maximum atomic E-state index is 13.5. The molecule has 3 aromatic rings. The van der Waals surface area contributed by atoms with Crippen molar-refractivity contribution in [3.8, 4) is 0 Å². The fourth-order valence-electron chi connectivity index (χ4n) is 4.02. The Morgan fingerprint density at radius 3 is 2.29 bits per heavy atom. The predicted molar refractivity (Wildman–Crippen MR) is 137 cm³/mol. The van der Waals surface area contributed by atoms with Gasteiger partial charge >= 0.3 is 0 Å². The number of nitrogens with zero attached hydrogens (tertiary/aromatic N) is 4. The molecule has 1 aromatic heterocycles. The first-order chi connectivity index (χ1) is 16.3. The minimum Gasteiger partial charge on any atom is -0.346 e. The molecular formula is C25H30N4O3S2. The van der Waals surface area contributed by atoms with Crippen LogP contribution >= 0.6 is 11.3 Å². The van der Waals surface area contributed by atoms with Crippen LogP contribution in [0.15, 0.2) is 65.0 Å². The SMILES string of the molecule is Cc1ccc(N(CCC(=O)N2CCCN(c3nccs3)CC2)S(=O)(=O)c2ccc(C)cc2)cc1. The first-order valence-corrected chi connectivity index (χ1v) is 13.7. The van der Waals surface area contributed by atoms with Gasteiger partial charge in [-0.3, -0.25) is 9.10 Å². The van der Waals surface area contributed by atoms with Crippen LogP contribution in [0.1, 0.15) is 24.0 Å². The van der Waals surface area contributed by atoms with Gasteiger partial charge in [0, 0.05) is 50.7 Å². The molecule has 0 unspecified atom stereocenters. The summed E-state index contributed by atoms with van der Waals surface area (Å²) in [5.74, 6) is -0.0304. The maximum absolute atomic E-state index is 13.5. The van der Waals surface area contributed by atoms with Gasteiger partial charge in [0.15, 0.2) is 5.13 Å². The van der Waals surface area contributed by atoms with Gasteiger partial charge in [0.2, 0.25) is 5.91 Å². The van der Waals surface area contributed by atoms with Crippen molar-refractivity contribution in [2.45, 2.75) is 31.6 Å². The number of hydrogen-bond acceptors (Lipinski definition) is 6. The molecule has 0 saturated carbocycles. The first-order valence-electron chi connectivity index (χ1n) is 11.4. The third kappa shape index (κ3) is 5.59. The number of carbonyl (C=O) groups is 1. The van der Waals surface area contributed by atoms with E-state index in [0.29, 0.717) is 18.8 Å². The van der Waals surface area contributed by atoms with Gasteiger partial charge in [-0.25, -0.2) is 13.4 Å². The van der Waals surface area contributed by atoms with E-state index in [-0.39, 0.29) is 23.8 Å². The molecule has 0 aliphatic carbocycles. The van der Waals surface area contributed by atoms with E-state index in [1.54, 1.807) is 53.9 Å². The number of aryl methyl sites for hydroxylation is 2. The fourth-order valence-corrected chi connectivity index (χ4v) is 6.18. The topological polar surface area (TPSA) is 73.8 Å². The molecule has 0 bridgehead atoms. The second-order valence-electron chi connectivity index (χ2n) is 8.51. The summed E-state index contributed by atoms with van der Waals surface area (Å²) in [6, 6.07) is 14.2. The van der Waals surface area contributed by atoms with E-state index in [1.165, 1.54) is 4.31 Å². The highest BCUT2D eigenvalue weighted by Gasteiger charge is 2.27. The molecule has 2 aromatic carbocycles. The summed E-state index contributed by atoms with van der Waals surface area (Å²) in [5, 5.41) is 2.93. The van der Waals surface area contributed by atoms with Crippen molar-refractivity contribution >= 4 is 38.1 Å². The number of hydrogen-bond donors (Lipinski definition) is 0. The third-order valence-corrected chi connectivity index (χ3v) is 8.67. The number of thiazole rings is 1. The second kappa shape index (κ2) is 10.6. The molecule has 4 rings (SSSR count). The number of carbonyl (C=O) groups excluding carboxylic acids is 1. The van der Waals surface area contributed by atoms with Crippen molar-refractivity contribution in [1.82, 2.24) is 9.88 Å². The van der Waals surface area contributed by atoms with E-state index in [0.717, 1.165) is 35.8 Å². The smallest absolute Gasteiger partial charge is 0.264 e. The molecule has 1 saturated heterocycles. The lowest BCUT2D eigenvalue weighted by Gasteiger charge is -2.27. The number of sulfonamides is 1. The molecule has 7 nitrogen and oxygen atoms in total. The minimum atomic E-state index is -3.81. The summed E-state index contributed by atoms with van der Waals surface area (Å²) in [6.45, 7) is 6.82. The second-order valence-corrected chi connectivity index (χ2v) is 11.2. The van der Waals surface area contributed by atoms with Gasteiger partial charge in [-0.05, 0) is 44.5 Å². The zero-order valence-corrected chi connectivity index (χ0v) is 21.2. The van der Waals surface area contributed by atoms with Crippen LogP contribution in [-0.4, -0.2) is 56.9 Å². The largest absolute Gasteiger partial charge is 0.346 e. The predicted octanol–water partition coefficient (Wildman–Crippen LogP) is 4.08. The maximum Gasteiger partial charge on any atom is 0.264 e. The molecule has 0 N–H and O–H groups in total. The van der Waals surface area contributed by atoms with E-state index in [4.69, 9.17) is 0 Å². The summed E-state index contributed by atoms with van der Waals surface area (Å²) in [7, 11) is -3.81. The summed E-state index contributed by atoms with van der Waals surface area (Å²) in [6.07, 6.45) is 2.77. The average Bonchev–Trinajstić information content (AvgIpc) is 3.25. The van der Waals surface area contributed by atoms with Crippen LogP contribution in [0.25, 0.3) is 0 Å². The lowest BCUT2D eigenvalue weighted by Crippen LogP contribution is -2.39. The monoisotopic (exact) mass is 498 g/mol. The summed E-state index contributed by atoms with van der Waals surface area (Å²) in [5.41, 5.74) is 2.59. The fraction of sp³-hybridized carbons (Fsp3) is 0.360. The van der Waals surface area contributed by atoms with Crippen molar-refractivity contribution in [1.29, 1.82) is 0 Å². The number of benzene rings is 2. The number of amides is 1. The van der Waals surface area contributed by atoms with Gasteiger partial charge < -0.3 is 9.80 Å². The summed E-state index contributed by atoms with van der Waals surface area (Å²) in [4.78, 5) is 21.8. The minimum absolute atomic E-state index is 0.0304. The van der Waals surface area contributed by atoms with Gasteiger partial charge in [0.05, 0.1) is 10.6 Å². The Hall–Kier alpha value is -2.91. The van der Waals surface area contributed by atoms with Gasteiger partial charge in [-0.2, -0.15) is 0 Å². The van der Waals surface area contributed by atoms with Crippen LogP contribution < -0.4 is 9.21 Å². The van der Waals surface area contributed by atoms with E-state index in [2.05, 4.69) is 9.88 Å². The Morgan fingerprint density at radius 1 is 0.971 bits per heavy atom. The molecule has 180 valence electrons. The normalized spacial score (nSPS) is 14.6. The molecule has 1 aliphatic rings. The standard InChI is InChI=1S/C25H30N4O3S2/c1-20-4-8-22(9-5-20)29(34(31,32)23-10-6-21(2)7-11-23)16-12-24(30)27-14-3-15-28(18-17-27)25-26-13-19-33-25/h4-11,13,19H,3,12,14-18H2,1-2H3. The molecule has 2 heterocycles. The summed E-state index contributed by atoms with van der Waals surface area (Å²) < 4.78 is 28.4. The van der Waals surface area contributed by atoms with Crippen LogP contribution in [0.3, 0.4) is 0 Å². The van der Waals surface area contributed by atoms with Gasteiger partial charge in [0.1, 0.15) is 0 Å². The Labute approximate surface area is 205 Å². The van der Waals surface area contributed by atoms with Crippen LogP contribution in [0.4, 0.5) is 10.8 Å². The van der Waals surface area contributed by atoms with Gasteiger partial charge in [-0.15, -0.1) is 11.3 Å². The molecule has 0 atom stereocenters. The van der Waals surface area contributed by atoms with Crippen LogP contribution in [0.2, 0.25) is 0 Å². The molecule has 1 aliphatic heterocycles. The lowest BCUT2D eigenvalue weighted by atomic mass is 10.2. The highest BCUT2D eigenvalue weighted by atomic mass is 32.2. The Balaban J connectivity index is 1.48. The van der Waals surface area contributed by atoms with Crippen LogP contribution in [-0.2, 0) is 14.8 Å². The first kappa shape index (κ1) is 24.2. The van der Waals surface area contributed by atoms with E-state index in [9.17, 15) is 13.2 Å². The van der Waals surface area contributed by atoms with Gasteiger partial charge in [-0.1, -0.05) is 35.4 Å². The van der Waals surface area contributed by atoms with E-state index < -0.39 is 10.0 Å². The zero-order chi connectivity index (χ0) is 24.1. The molecule has 9 heteroatoms. The van der Waals surface area contributed by atoms with E-state index >= 15 is 0 Å². The molecule has 0 radical (unpaired) electrons. The van der Waals surface area contributed by atoms with E-state index in [1.807, 2.05) is 36.3 Å². The Bertz CT molecular complexity index is 1190. The zero-order valence-electron chi connectivity index (χ0n) is 19.6. The van der Waals surface area contributed by atoms with Crippen molar-refractivity contribution in [2.75, 3.05) is 41.9 Å². The molecule has 0 spiro atoms. The van der Waals surface area contributed by atoms with Crippen molar-refractivity contribution in [3.63, 3.8) is 0 Å². The number of aromatic nitrogens is 1. The summed E-state index contributed by atoms with van der Waals surface area (Å²) >= 11 is 1.60.